The molecule has 0 saturated carbocycles. The molecule has 9 nitrogen and oxygen atoms in total. The zero-order chi connectivity index (χ0) is 18.8. The van der Waals surface area contributed by atoms with Crippen LogP contribution in [0.2, 0.25) is 0 Å². The van der Waals surface area contributed by atoms with E-state index in [1.54, 1.807) is 19.9 Å². The number of benzene rings is 1. The topological polar surface area (TPSA) is 128 Å². The summed E-state index contributed by atoms with van der Waals surface area (Å²) >= 11 is 0. The number of nitro benzene ring substituents is 1. The Morgan fingerprint density at radius 1 is 1.24 bits per heavy atom. The van der Waals surface area contributed by atoms with Crippen molar-refractivity contribution in [3.05, 3.63) is 46.0 Å². The molecule has 0 radical (unpaired) electrons. The van der Waals surface area contributed by atoms with Gasteiger partial charge in [-0.25, -0.2) is 4.79 Å². The van der Waals surface area contributed by atoms with E-state index in [1.165, 1.54) is 24.3 Å². The van der Waals surface area contributed by atoms with Gasteiger partial charge in [0.05, 0.1) is 17.0 Å². The number of nitrogens with one attached hydrogen (secondary N) is 2. The number of nitrogens with zero attached hydrogens (tertiary/aromatic N) is 1. The van der Waals surface area contributed by atoms with Crippen LogP contribution in [0.5, 0.6) is 0 Å². The van der Waals surface area contributed by atoms with Gasteiger partial charge < -0.3 is 15.4 Å². The van der Waals surface area contributed by atoms with Gasteiger partial charge in [-0.1, -0.05) is 12.1 Å². The fourth-order valence-corrected chi connectivity index (χ4v) is 1.74. The van der Waals surface area contributed by atoms with E-state index in [9.17, 15) is 24.5 Å². The summed E-state index contributed by atoms with van der Waals surface area (Å²) in [5, 5.41) is 15.7. The summed E-state index contributed by atoms with van der Waals surface area (Å²) in [6.45, 7) is 2.78. The Morgan fingerprint density at radius 3 is 2.56 bits per heavy atom. The van der Waals surface area contributed by atoms with Crippen LogP contribution in [-0.4, -0.2) is 41.9 Å². The van der Waals surface area contributed by atoms with Crippen LogP contribution in [0.15, 0.2) is 30.3 Å². The fraction of sp³-hybridized carbons (Fsp3) is 0.312. The number of hydrogen-bond donors (Lipinski definition) is 2. The minimum absolute atomic E-state index is 0.0468. The van der Waals surface area contributed by atoms with Gasteiger partial charge in [0.1, 0.15) is 0 Å². The first-order valence-corrected chi connectivity index (χ1v) is 7.44. The van der Waals surface area contributed by atoms with Gasteiger partial charge in [-0.15, -0.1) is 0 Å². The van der Waals surface area contributed by atoms with E-state index < -0.39 is 23.4 Å². The maximum Gasteiger partial charge on any atom is 0.331 e. The van der Waals surface area contributed by atoms with Gasteiger partial charge in [0.25, 0.3) is 11.6 Å². The molecule has 0 aliphatic rings. The van der Waals surface area contributed by atoms with E-state index in [-0.39, 0.29) is 29.7 Å². The number of para-hydroxylation sites is 1. The largest absolute Gasteiger partial charge is 0.452 e. The van der Waals surface area contributed by atoms with Crippen molar-refractivity contribution >= 4 is 29.5 Å². The number of rotatable bonds is 8. The quantitative estimate of drug-likeness (QED) is 0.309. The average Bonchev–Trinajstić information content (AvgIpc) is 2.55. The molecule has 0 aromatic heterocycles. The molecule has 9 heteroatoms. The lowest BCUT2D eigenvalue weighted by Gasteiger charge is -2.09. The SMILES string of the molecule is CC(C)NC(=O)CNC(=O)COC(=O)/C=C/c1ccccc1[N+](=O)[O-]. The molecular formula is C16H19N3O6. The first-order valence-electron chi connectivity index (χ1n) is 7.44. The zero-order valence-corrected chi connectivity index (χ0v) is 13.9. The molecule has 2 amide bonds. The Balaban J connectivity index is 2.43. The van der Waals surface area contributed by atoms with Crippen LogP contribution in [0, 0.1) is 10.1 Å². The number of hydrogen-bond acceptors (Lipinski definition) is 6. The molecule has 2 N–H and O–H groups in total. The van der Waals surface area contributed by atoms with Crippen molar-refractivity contribution in [2.24, 2.45) is 0 Å². The molecule has 0 aliphatic heterocycles. The molecule has 0 aliphatic carbocycles. The van der Waals surface area contributed by atoms with Crippen LogP contribution in [0.1, 0.15) is 19.4 Å². The molecule has 0 bridgehead atoms. The molecule has 1 aromatic carbocycles. The number of carbonyl (C=O) groups excluding carboxylic acids is 3. The highest BCUT2D eigenvalue weighted by Crippen LogP contribution is 2.18. The predicted molar refractivity (Wildman–Crippen MR) is 89.4 cm³/mol. The summed E-state index contributed by atoms with van der Waals surface area (Å²) in [6.07, 6.45) is 2.22. The van der Waals surface area contributed by atoms with Gasteiger partial charge in [0, 0.05) is 18.2 Å². The second kappa shape index (κ2) is 9.81. The van der Waals surface area contributed by atoms with Gasteiger partial charge in [-0.3, -0.25) is 19.7 Å². The lowest BCUT2D eigenvalue weighted by Crippen LogP contribution is -2.41. The number of carbonyl (C=O) groups is 3. The van der Waals surface area contributed by atoms with Gasteiger partial charge in [-0.2, -0.15) is 0 Å². The van der Waals surface area contributed by atoms with Crippen LogP contribution in [-0.2, 0) is 19.1 Å². The van der Waals surface area contributed by atoms with Crippen molar-refractivity contribution < 1.29 is 24.0 Å². The molecule has 25 heavy (non-hydrogen) atoms. The van der Waals surface area contributed by atoms with Crippen LogP contribution in [0.4, 0.5) is 5.69 Å². The lowest BCUT2D eigenvalue weighted by molar-refractivity contribution is -0.385. The molecule has 0 fully saturated rings. The Kier molecular flexibility index (Phi) is 7.77. The Labute approximate surface area is 144 Å². The molecule has 0 saturated heterocycles. The van der Waals surface area contributed by atoms with Crippen LogP contribution < -0.4 is 10.6 Å². The molecule has 134 valence electrons. The molecule has 1 rings (SSSR count). The van der Waals surface area contributed by atoms with Gasteiger partial charge >= 0.3 is 5.97 Å². The summed E-state index contributed by atoms with van der Waals surface area (Å²) in [5.41, 5.74) is 0.0831. The first kappa shape index (κ1) is 19.8. The highest BCUT2D eigenvalue weighted by molar-refractivity contribution is 5.90. The summed E-state index contributed by atoms with van der Waals surface area (Å²) in [5.74, 6) is -1.82. The van der Waals surface area contributed by atoms with Gasteiger partial charge in [-0.05, 0) is 26.0 Å². The minimum atomic E-state index is -0.833. The smallest absolute Gasteiger partial charge is 0.331 e. The first-order chi connectivity index (χ1) is 11.8. The Hall–Kier alpha value is -3.23. The number of amides is 2. The monoisotopic (exact) mass is 349 g/mol. The molecule has 1 aromatic rings. The van der Waals surface area contributed by atoms with E-state index in [0.29, 0.717) is 0 Å². The second-order valence-electron chi connectivity index (χ2n) is 5.26. The van der Waals surface area contributed by atoms with Crippen molar-refractivity contribution in [2.45, 2.75) is 19.9 Å². The van der Waals surface area contributed by atoms with Crippen molar-refractivity contribution in [1.82, 2.24) is 10.6 Å². The zero-order valence-electron chi connectivity index (χ0n) is 13.9. The Morgan fingerprint density at radius 2 is 1.92 bits per heavy atom. The van der Waals surface area contributed by atoms with Crippen LogP contribution >= 0.6 is 0 Å². The van der Waals surface area contributed by atoms with Crippen molar-refractivity contribution in [3.8, 4) is 0 Å². The van der Waals surface area contributed by atoms with E-state index in [0.717, 1.165) is 6.08 Å². The molecule has 0 heterocycles. The van der Waals surface area contributed by atoms with Crippen molar-refractivity contribution in [2.75, 3.05) is 13.2 Å². The van der Waals surface area contributed by atoms with E-state index >= 15 is 0 Å². The lowest BCUT2D eigenvalue weighted by atomic mass is 10.1. The maximum absolute atomic E-state index is 11.5. The standard InChI is InChI=1S/C16H19N3O6/c1-11(2)18-14(20)9-17-15(21)10-25-16(22)8-7-12-5-3-4-6-13(12)19(23)24/h3-8,11H,9-10H2,1-2H3,(H,17,21)(H,18,20)/b8-7+. The fourth-order valence-electron chi connectivity index (χ4n) is 1.74. The third-order valence-electron chi connectivity index (χ3n) is 2.77. The number of nitro groups is 1. The Bertz CT molecular complexity index is 684. The molecule has 0 unspecified atom stereocenters. The van der Waals surface area contributed by atoms with Crippen LogP contribution in [0.25, 0.3) is 6.08 Å². The normalized spacial score (nSPS) is 10.5. The highest BCUT2D eigenvalue weighted by atomic mass is 16.6. The molecule has 0 atom stereocenters. The maximum atomic E-state index is 11.5. The minimum Gasteiger partial charge on any atom is -0.452 e. The van der Waals surface area contributed by atoms with E-state index in [4.69, 9.17) is 4.74 Å². The third kappa shape index (κ3) is 7.73. The predicted octanol–water partition coefficient (Wildman–Crippen LogP) is 0.792. The van der Waals surface area contributed by atoms with E-state index in [1.807, 2.05) is 0 Å². The van der Waals surface area contributed by atoms with Crippen molar-refractivity contribution in [3.63, 3.8) is 0 Å². The van der Waals surface area contributed by atoms with Gasteiger partial charge in [0.2, 0.25) is 5.91 Å². The summed E-state index contributed by atoms with van der Waals surface area (Å²) < 4.78 is 4.70. The summed E-state index contributed by atoms with van der Waals surface area (Å²) in [4.78, 5) is 44.6. The van der Waals surface area contributed by atoms with E-state index in [2.05, 4.69) is 10.6 Å². The summed E-state index contributed by atoms with van der Waals surface area (Å²) in [6, 6.07) is 5.83. The highest BCUT2D eigenvalue weighted by Gasteiger charge is 2.11. The second-order valence-corrected chi connectivity index (χ2v) is 5.26. The third-order valence-corrected chi connectivity index (χ3v) is 2.77. The van der Waals surface area contributed by atoms with Gasteiger partial charge in [0.15, 0.2) is 6.61 Å². The molecular weight excluding hydrogens is 330 g/mol. The number of ether oxygens (including phenoxy) is 1. The summed E-state index contributed by atoms with van der Waals surface area (Å²) in [7, 11) is 0. The van der Waals surface area contributed by atoms with Crippen molar-refractivity contribution in [1.29, 1.82) is 0 Å². The van der Waals surface area contributed by atoms with Crippen LogP contribution in [0.3, 0.4) is 0 Å². The average molecular weight is 349 g/mol. The number of esters is 1. The molecule has 0 spiro atoms.